The van der Waals surface area contributed by atoms with Crippen molar-refractivity contribution in [3.8, 4) is 5.75 Å². The number of fused-ring (bicyclic) bond motifs is 2. The van der Waals surface area contributed by atoms with Crippen molar-refractivity contribution in [3.63, 3.8) is 0 Å². The Morgan fingerprint density at radius 1 is 1.09 bits per heavy atom. The quantitative estimate of drug-likeness (QED) is 0.526. The molecule has 0 N–H and O–H groups in total. The summed E-state index contributed by atoms with van der Waals surface area (Å²) < 4.78 is 11.4. The van der Waals surface area contributed by atoms with Gasteiger partial charge in [-0.25, -0.2) is 0 Å². The average Bonchev–Trinajstić information content (AvgIpc) is 3.09. The van der Waals surface area contributed by atoms with Crippen LogP contribution in [0, 0.1) is 6.92 Å². The van der Waals surface area contributed by atoms with Gasteiger partial charge in [0.1, 0.15) is 11.3 Å². The number of ether oxygens (including phenoxy) is 1. The third-order valence-electron chi connectivity index (χ3n) is 6.30. The molecule has 3 aromatic rings. The van der Waals surface area contributed by atoms with Crippen molar-refractivity contribution < 1.29 is 13.9 Å². The maximum Gasteiger partial charge on any atom is 0.290 e. The van der Waals surface area contributed by atoms with Gasteiger partial charge in [0.2, 0.25) is 5.76 Å². The smallest absolute Gasteiger partial charge is 0.290 e. The van der Waals surface area contributed by atoms with Crippen molar-refractivity contribution in [3.05, 3.63) is 75.1 Å². The van der Waals surface area contributed by atoms with Gasteiger partial charge < -0.3 is 19.0 Å². The Morgan fingerprint density at radius 3 is 2.59 bits per heavy atom. The van der Waals surface area contributed by atoms with E-state index >= 15 is 0 Å². The van der Waals surface area contributed by atoms with Crippen LogP contribution in [0.5, 0.6) is 5.75 Å². The third-order valence-corrected chi connectivity index (χ3v) is 6.30. The lowest BCUT2D eigenvalue weighted by Crippen LogP contribution is -2.33. The first-order chi connectivity index (χ1) is 15.5. The van der Waals surface area contributed by atoms with E-state index in [4.69, 9.17) is 9.15 Å². The van der Waals surface area contributed by atoms with Crippen molar-refractivity contribution in [1.82, 2.24) is 9.80 Å². The molecule has 1 amide bonds. The SMILES string of the molecule is CCN(CC)CCCN1C(=O)c2oc3ccc(C)cc3c(=O)c2C1c1cccc(OC)c1. The van der Waals surface area contributed by atoms with Crippen LogP contribution in [0.25, 0.3) is 11.0 Å². The Balaban J connectivity index is 1.82. The number of amides is 1. The maximum atomic E-state index is 13.6. The zero-order valence-corrected chi connectivity index (χ0v) is 19.2. The van der Waals surface area contributed by atoms with Crippen LogP contribution >= 0.6 is 0 Å². The Kier molecular flexibility index (Phi) is 6.33. The molecule has 2 aromatic carbocycles. The van der Waals surface area contributed by atoms with Crippen LogP contribution in [-0.4, -0.2) is 49.0 Å². The zero-order chi connectivity index (χ0) is 22.8. The predicted octanol–water partition coefficient (Wildman–Crippen LogP) is 4.39. The lowest BCUT2D eigenvalue weighted by atomic mass is 9.98. The minimum Gasteiger partial charge on any atom is -0.497 e. The van der Waals surface area contributed by atoms with Gasteiger partial charge in [-0.3, -0.25) is 9.59 Å². The van der Waals surface area contributed by atoms with E-state index in [1.807, 2.05) is 43.3 Å². The Hall–Kier alpha value is -3.12. The molecule has 0 radical (unpaired) electrons. The first kappa shape index (κ1) is 22.1. The van der Waals surface area contributed by atoms with Crippen molar-refractivity contribution in [1.29, 1.82) is 0 Å². The van der Waals surface area contributed by atoms with Crippen molar-refractivity contribution in [2.75, 3.05) is 33.3 Å². The van der Waals surface area contributed by atoms with Crippen LogP contribution in [0.3, 0.4) is 0 Å². The Labute approximate surface area is 188 Å². The van der Waals surface area contributed by atoms with E-state index < -0.39 is 6.04 Å². The molecule has 6 nitrogen and oxygen atoms in total. The first-order valence-corrected chi connectivity index (χ1v) is 11.2. The Morgan fingerprint density at radius 2 is 1.88 bits per heavy atom. The molecule has 0 fully saturated rings. The van der Waals surface area contributed by atoms with Gasteiger partial charge in [0.15, 0.2) is 5.43 Å². The monoisotopic (exact) mass is 434 g/mol. The summed E-state index contributed by atoms with van der Waals surface area (Å²) in [7, 11) is 1.61. The van der Waals surface area contributed by atoms with E-state index in [2.05, 4.69) is 18.7 Å². The number of nitrogens with zero attached hydrogens (tertiary/aromatic N) is 2. The van der Waals surface area contributed by atoms with Gasteiger partial charge in [0.05, 0.1) is 24.1 Å². The second-order valence-corrected chi connectivity index (χ2v) is 8.23. The van der Waals surface area contributed by atoms with Gasteiger partial charge >= 0.3 is 0 Å². The highest BCUT2D eigenvalue weighted by Gasteiger charge is 2.42. The fraction of sp³-hybridized carbons (Fsp3) is 0.385. The minimum absolute atomic E-state index is 0.141. The first-order valence-electron chi connectivity index (χ1n) is 11.2. The lowest BCUT2D eigenvalue weighted by Gasteiger charge is -2.27. The number of benzene rings is 2. The molecule has 6 heteroatoms. The fourth-order valence-corrected chi connectivity index (χ4v) is 4.53. The number of methoxy groups -OCH3 is 1. The molecular formula is C26H30N2O4. The van der Waals surface area contributed by atoms with E-state index in [1.165, 1.54) is 0 Å². The van der Waals surface area contributed by atoms with E-state index in [0.29, 0.717) is 28.8 Å². The van der Waals surface area contributed by atoms with Crippen LogP contribution in [0.1, 0.15) is 53.6 Å². The Bertz CT molecular complexity index is 1200. The van der Waals surface area contributed by atoms with Crippen LogP contribution in [0.2, 0.25) is 0 Å². The van der Waals surface area contributed by atoms with E-state index in [9.17, 15) is 9.59 Å². The topological polar surface area (TPSA) is 63.0 Å². The molecule has 1 aliphatic rings. The van der Waals surface area contributed by atoms with Crippen LogP contribution < -0.4 is 10.2 Å². The molecule has 2 heterocycles. The molecule has 168 valence electrons. The van der Waals surface area contributed by atoms with E-state index in [-0.39, 0.29) is 17.1 Å². The molecule has 1 aliphatic heterocycles. The summed E-state index contributed by atoms with van der Waals surface area (Å²) in [6.07, 6.45) is 0.814. The summed E-state index contributed by atoms with van der Waals surface area (Å²) in [4.78, 5) is 31.2. The molecule has 0 aliphatic carbocycles. The second kappa shape index (κ2) is 9.17. The van der Waals surface area contributed by atoms with Crippen molar-refractivity contribution in [2.24, 2.45) is 0 Å². The van der Waals surface area contributed by atoms with Gasteiger partial charge in [-0.2, -0.15) is 0 Å². The van der Waals surface area contributed by atoms with Crippen molar-refractivity contribution in [2.45, 2.75) is 33.2 Å². The van der Waals surface area contributed by atoms with Gasteiger partial charge in [-0.15, -0.1) is 0 Å². The number of aryl methyl sites for hydroxylation is 1. The molecule has 0 spiro atoms. The lowest BCUT2D eigenvalue weighted by molar-refractivity contribution is 0.0720. The normalized spacial score (nSPS) is 15.6. The molecule has 4 rings (SSSR count). The highest BCUT2D eigenvalue weighted by molar-refractivity contribution is 5.99. The molecular weight excluding hydrogens is 404 g/mol. The van der Waals surface area contributed by atoms with E-state index in [0.717, 1.165) is 37.2 Å². The van der Waals surface area contributed by atoms with Crippen LogP contribution in [0.15, 0.2) is 51.7 Å². The van der Waals surface area contributed by atoms with Gasteiger partial charge in [-0.1, -0.05) is 37.6 Å². The molecule has 0 saturated carbocycles. The molecule has 1 unspecified atom stereocenters. The fourth-order valence-electron chi connectivity index (χ4n) is 4.53. The predicted molar refractivity (Wildman–Crippen MR) is 125 cm³/mol. The molecule has 32 heavy (non-hydrogen) atoms. The summed E-state index contributed by atoms with van der Waals surface area (Å²) in [6.45, 7) is 9.57. The average molecular weight is 435 g/mol. The summed E-state index contributed by atoms with van der Waals surface area (Å²) in [5, 5.41) is 0.509. The van der Waals surface area contributed by atoms with Crippen LogP contribution in [-0.2, 0) is 0 Å². The second-order valence-electron chi connectivity index (χ2n) is 8.23. The summed E-state index contributed by atoms with van der Waals surface area (Å²) in [5.74, 6) is 0.612. The van der Waals surface area contributed by atoms with Gasteiger partial charge in [-0.05, 0) is 62.8 Å². The number of carbonyl (C=O) groups excluding carboxylic acids is 1. The van der Waals surface area contributed by atoms with Gasteiger partial charge in [0, 0.05) is 6.54 Å². The standard InChI is InChI=1S/C26H30N2O4/c1-5-27(6-2)13-8-14-28-23(18-9-7-10-19(16-18)31-4)22-24(29)20-15-17(3)11-12-21(20)32-25(22)26(28)30/h7,9-12,15-16,23H,5-6,8,13-14H2,1-4H3. The minimum atomic E-state index is -0.495. The van der Waals surface area contributed by atoms with Crippen LogP contribution in [0.4, 0.5) is 0 Å². The van der Waals surface area contributed by atoms with Crippen molar-refractivity contribution >= 4 is 16.9 Å². The van der Waals surface area contributed by atoms with Gasteiger partial charge in [0.25, 0.3) is 5.91 Å². The third kappa shape index (κ3) is 3.91. The molecule has 0 saturated heterocycles. The number of carbonyl (C=O) groups is 1. The van der Waals surface area contributed by atoms with E-state index in [1.54, 1.807) is 18.1 Å². The summed E-state index contributed by atoms with van der Waals surface area (Å²) in [6, 6.07) is 12.6. The summed E-state index contributed by atoms with van der Waals surface area (Å²) >= 11 is 0. The zero-order valence-electron chi connectivity index (χ0n) is 19.2. The molecule has 0 bridgehead atoms. The number of hydrogen-bond donors (Lipinski definition) is 0. The highest BCUT2D eigenvalue weighted by atomic mass is 16.5. The number of hydrogen-bond acceptors (Lipinski definition) is 5. The molecule has 1 aromatic heterocycles. The summed E-state index contributed by atoms with van der Waals surface area (Å²) in [5.41, 5.74) is 2.55. The molecule has 1 atom stereocenters. The number of rotatable bonds is 8. The largest absolute Gasteiger partial charge is 0.497 e. The maximum absolute atomic E-state index is 13.6. The highest BCUT2D eigenvalue weighted by Crippen LogP contribution is 2.39.